The molecule has 1 saturated heterocycles. The topological polar surface area (TPSA) is 47.0 Å². The zero-order valence-electron chi connectivity index (χ0n) is 9.41. The van der Waals surface area contributed by atoms with E-state index in [4.69, 9.17) is 4.74 Å². The third-order valence-corrected chi connectivity index (χ3v) is 3.29. The Morgan fingerprint density at radius 1 is 1.53 bits per heavy atom. The number of aryl methyl sites for hydroxylation is 1. The lowest BCUT2D eigenvalue weighted by Gasteiger charge is -2.35. The van der Waals surface area contributed by atoms with E-state index in [1.165, 1.54) is 11.5 Å². The molecular formula is C10H17N3OS. The molecule has 1 aliphatic heterocycles. The van der Waals surface area contributed by atoms with E-state index in [9.17, 15) is 0 Å². The lowest BCUT2D eigenvalue weighted by Crippen LogP contribution is -2.40. The van der Waals surface area contributed by atoms with Gasteiger partial charge in [-0.2, -0.15) is 4.37 Å². The van der Waals surface area contributed by atoms with Crippen LogP contribution in [0.1, 0.15) is 32.5 Å². The van der Waals surface area contributed by atoms with Crippen molar-refractivity contribution in [2.24, 2.45) is 0 Å². The lowest BCUT2D eigenvalue weighted by molar-refractivity contribution is -0.0553. The molecule has 4 nitrogen and oxygen atoms in total. The van der Waals surface area contributed by atoms with Crippen molar-refractivity contribution in [3.8, 4) is 0 Å². The van der Waals surface area contributed by atoms with E-state index in [0.29, 0.717) is 6.04 Å². The van der Waals surface area contributed by atoms with Crippen LogP contribution in [0.15, 0.2) is 0 Å². The van der Waals surface area contributed by atoms with Gasteiger partial charge in [-0.3, -0.25) is 0 Å². The van der Waals surface area contributed by atoms with Crippen molar-refractivity contribution in [3.63, 3.8) is 0 Å². The third kappa shape index (κ3) is 2.89. The molecule has 5 heteroatoms. The summed E-state index contributed by atoms with van der Waals surface area (Å²) in [5.74, 6) is 0.841. The van der Waals surface area contributed by atoms with Crippen LogP contribution < -0.4 is 5.32 Å². The van der Waals surface area contributed by atoms with Crippen LogP contribution in [-0.2, 0) is 4.74 Å². The Balaban J connectivity index is 1.95. The van der Waals surface area contributed by atoms with Gasteiger partial charge in [0.25, 0.3) is 0 Å². The molecule has 0 saturated carbocycles. The van der Waals surface area contributed by atoms with Crippen molar-refractivity contribution in [1.29, 1.82) is 0 Å². The molecule has 0 aromatic carbocycles. The first-order chi connectivity index (χ1) is 7.05. The van der Waals surface area contributed by atoms with Gasteiger partial charge in [0, 0.05) is 24.2 Å². The van der Waals surface area contributed by atoms with Crippen LogP contribution in [0.25, 0.3) is 0 Å². The summed E-state index contributed by atoms with van der Waals surface area (Å²) in [7, 11) is 0. The van der Waals surface area contributed by atoms with Gasteiger partial charge in [-0.1, -0.05) is 0 Å². The molecule has 0 aliphatic carbocycles. The standard InChI is InChI=1S/C10H17N3OS/c1-7-11-9(15-13-7)12-8-4-5-14-10(2,3)6-8/h8H,4-6H2,1-3H3,(H,11,12,13). The highest BCUT2D eigenvalue weighted by Gasteiger charge is 2.29. The summed E-state index contributed by atoms with van der Waals surface area (Å²) in [4.78, 5) is 4.31. The van der Waals surface area contributed by atoms with Crippen LogP contribution in [-0.4, -0.2) is 27.6 Å². The largest absolute Gasteiger partial charge is 0.375 e. The molecule has 0 bridgehead atoms. The van der Waals surface area contributed by atoms with E-state index in [0.717, 1.165) is 30.4 Å². The van der Waals surface area contributed by atoms with Crippen LogP contribution in [0.2, 0.25) is 0 Å². The normalized spacial score (nSPS) is 25.1. The fourth-order valence-electron chi connectivity index (χ4n) is 1.89. The molecule has 1 aliphatic rings. The maximum Gasteiger partial charge on any atom is 0.202 e. The number of hydrogen-bond acceptors (Lipinski definition) is 5. The van der Waals surface area contributed by atoms with Gasteiger partial charge in [-0.15, -0.1) is 0 Å². The van der Waals surface area contributed by atoms with Gasteiger partial charge in [-0.25, -0.2) is 4.98 Å². The summed E-state index contributed by atoms with van der Waals surface area (Å²) in [5.41, 5.74) is -0.0182. The molecule has 0 amide bonds. The van der Waals surface area contributed by atoms with Crippen molar-refractivity contribution >= 4 is 16.7 Å². The predicted octanol–water partition coefficient (Wildman–Crippen LogP) is 2.22. The fraction of sp³-hybridized carbons (Fsp3) is 0.800. The van der Waals surface area contributed by atoms with Gasteiger partial charge in [0.2, 0.25) is 5.13 Å². The second-order valence-electron chi connectivity index (χ2n) is 4.59. The van der Waals surface area contributed by atoms with Crippen molar-refractivity contribution in [3.05, 3.63) is 5.82 Å². The zero-order chi connectivity index (χ0) is 10.9. The number of hydrogen-bond donors (Lipinski definition) is 1. The first-order valence-corrected chi connectivity index (χ1v) is 6.03. The number of nitrogens with one attached hydrogen (secondary N) is 1. The molecule has 1 atom stereocenters. The van der Waals surface area contributed by atoms with Gasteiger partial charge in [0.05, 0.1) is 5.60 Å². The zero-order valence-corrected chi connectivity index (χ0v) is 10.2. The highest BCUT2D eigenvalue weighted by atomic mass is 32.1. The van der Waals surface area contributed by atoms with Gasteiger partial charge < -0.3 is 10.1 Å². The molecule has 2 rings (SSSR count). The Labute approximate surface area is 94.2 Å². The number of anilines is 1. The molecule has 15 heavy (non-hydrogen) atoms. The first-order valence-electron chi connectivity index (χ1n) is 5.26. The summed E-state index contributed by atoms with van der Waals surface area (Å²) in [5, 5.41) is 4.35. The molecule has 1 fully saturated rings. The lowest BCUT2D eigenvalue weighted by atomic mass is 9.94. The van der Waals surface area contributed by atoms with Crippen LogP contribution >= 0.6 is 11.5 Å². The van der Waals surface area contributed by atoms with Crippen LogP contribution in [0, 0.1) is 6.92 Å². The highest BCUT2D eigenvalue weighted by Crippen LogP contribution is 2.26. The van der Waals surface area contributed by atoms with Crippen molar-refractivity contribution < 1.29 is 4.74 Å². The van der Waals surface area contributed by atoms with E-state index >= 15 is 0 Å². The molecule has 1 aromatic heterocycles. The SMILES string of the molecule is Cc1nsc(NC2CCOC(C)(C)C2)n1. The Kier molecular flexibility index (Phi) is 2.93. The van der Waals surface area contributed by atoms with Gasteiger partial charge in [-0.05, 0) is 33.6 Å². The van der Waals surface area contributed by atoms with Gasteiger partial charge >= 0.3 is 0 Å². The fourth-order valence-corrected chi connectivity index (χ4v) is 2.54. The van der Waals surface area contributed by atoms with Crippen molar-refractivity contribution in [1.82, 2.24) is 9.36 Å². The minimum absolute atomic E-state index is 0.0182. The predicted molar refractivity (Wildman–Crippen MR) is 61.3 cm³/mol. The molecule has 1 N–H and O–H groups in total. The summed E-state index contributed by atoms with van der Waals surface area (Å²) in [6.45, 7) is 7.00. The van der Waals surface area contributed by atoms with E-state index < -0.39 is 0 Å². The number of ether oxygens (including phenoxy) is 1. The summed E-state index contributed by atoms with van der Waals surface area (Å²) >= 11 is 1.43. The summed E-state index contributed by atoms with van der Waals surface area (Å²) in [6, 6.07) is 0.459. The third-order valence-electron chi connectivity index (χ3n) is 2.55. The first kappa shape index (κ1) is 10.8. The monoisotopic (exact) mass is 227 g/mol. The van der Waals surface area contributed by atoms with Crippen molar-refractivity contribution in [2.75, 3.05) is 11.9 Å². The minimum Gasteiger partial charge on any atom is -0.375 e. The van der Waals surface area contributed by atoms with Gasteiger partial charge in [0.1, 0.15) is 5.82 Å². The number of aromatic nitrogens is 2. The average molecular weight is 227 g/mol. The van der Waals surface area contributed by atoms with E-state index in [2.05, 4.69) is 28.5 Å². The number of nitrogens with zero attached hydrogens (tertiary/aromatic N) is 2. The maximum absolute atomic E-state index is 5.67. The van der Waals surface area contributed by atoms with Crippen molar-refractivity contribution in [2.45, 2.75) is 45.3 Å². The second kappa shape index (κ2) is 4.06. The molecule has 1 unspecified atom stereocenters. The van der Waals surface area contributed by atoms with Crippen LogP contribution in [0.3, 0.4) is 0 Å². The molecule has 1 aromatic rings. The van der Waals surface area contributed by atoms with E-state index in [-0.39, 0.29) is 5.60 Å². The molecule has 84 valence electrons. The van der Waals surface area contributed by atoms with E-state index in [1.54, 1.807) is 0 Å². The highest BCUT2D eigenvalue weighted by molar-refractivity contribution is 7.09. The van der Waals surface area contributed by atoms with Gasteiger partial charge in [0.15, 0.2) is 0 Å². The average Bonchev–Trinajstić information content (AvgIpc) is 2.49. The summed E-state index contributed by atoms with van der Waals surface area (Å²) < 4.78 is 9.82. The maximum atomic E-state index is 5.67. The van der Waals surface area contributed by atoms with Crippen LogP contribution in [0.5, 0.6) is 0 Å². The molecule has 0 spiro atoms. The Hall–Kier alpha value is -0.680. The Bertz CT molecular complexity index is 337. The molecular weight excluding hydrogens is 210 g/mol. The Morgan fingerprint density at radius 2 is 2.33 bits per heavy atom. The smallest absolute Gasteiger partial charge is 0.202 e. The quantitative estimate of drug-likeness (QED) is 0.841. The van der Waals surface area contributed by atoms with Crippen LogP contribution in [0.4, 0.5) is 5.13 Å². The molecule has 0 radical (unpaired) electrons. The Morgan fingerprint density at radius 3 is 2.93 bits per heavy atom. The molecule has 2 heterocycles. The number of rotatable bonds is 2. The van der Waals surface area contributed by atoms with E-state index in [1.807, 2.05) is 6.92 Å². The minimum atomic E-state index is -0.0182. The summed E-state index contributed by atoms with van der Waals surface area (Å²) in [6.07, 6.45) is 2.06. The second-order valence-corrected chi connectivity index (χ2v) is 5.34.